The van der Waals surface area contributed by atoms with Gasteiger partial charge in [-0.3, -0.25) is 4.79 Å². The van der Waals surface area contributed by atoms with Crippen LogP contribution in [0.15, 0.2) is 59.5 Å². The molecule has 0 aliphatic heterocycles. The highest BCUT2D eigenvalue weighted by atomic mass is 32.2. The fourth-order valence-electron chi connectivity index (χ4n) is 3.07. The van der Waals surface area contributed by atoms with E-state index in [4.69, 9.17) is 0 Å². The Hall–Kier alpha value is -3.05. The van der Waals surface area contributed by atoms with E-state index in [1.54, 1.807) is 24.3 Å². The average Bonchev–Trinajstić information content (AvgIpc) is 2.71. The maximum atomic E-state index is 13.9. The van der Waals surface area contributed by atoms with E-state index in [1.165, 1.54) is 6.07 Å². The molecule has 154 valence electrons. The lowest BCUT2D eigenvalue weighted by Gasteiger charge is -2.15. The molecule has 3 nitrogen and oxygen atoms in total. The summed E-state index contributed by atoms with van der Waals surface area (Å²) in [5.41, 5.74) is 4.84. The SMILES string of the molecule is Cc1cc(C=Cc2cc(C(=O)Sc3ccccc3F)cc(N(C)C)c2)cc(C)c1O. The highest BCUT2D eigenvalue weighted by molar-refractivity contribution is 8.14. The molecule has 0 radical (unpaired) electrons. The van der Waals surface area contributed by atoms with Gasteiger partial charge in [-0.15, -0.1) is 0 Å². The van der Waals surface area contributed by atoms with Gasteiger partial charge in [0.05, 0.1) is 4.90 Å². The molecule has 0 spiro atoms. The number of nitrogens with zero attached hydrogens (tertiary/aromatic N) is 1. The average molecular weight is 422 g/mol. The molecule has 3 aromatic carbocycles. The van der Waals surface area contributed by atoms with Gasteiger partial charge in [-0.05, 0) is 90.3 Å². The molecule has 30 heavy (non-hydrogen) atoms. The number of hydrogen-bond acceptors (Lipinski definition) is 4. The maximum Gasteiger partial charge on any atom is 0.224 e. The topological polar surface area (TPSA) is 40.5 Å². The van der Waals surface area contributed by atoms with Gasteiger partial charge < -0.3 is 10.0 Å². The number of halogens is 1. The largest absolute Gasteiger partial charge is 0.507 e. The molecular formula is C25H24FNO2S. The Bertz CT molecular complexity index is 1100. The van der Waals surface area contributed by atoms with Crippen LogP contribution in [0.5, 0.6) is 5.75 Å². The first kappa shape index (κ1) is 21.7. The van der Waals surface area contributed by atoms with E-state index in [9.17, 15) is 14.3 Å². The zero-order valence-electron chi connectivity index (χ0n) is 17.4. The van der Waals surface area contributed by atoms with Crippen LogP contribution in [0.3, 0.4) is 0 Å². The van der Waals surface area contributed by atoms with Gasteiger partial charge >= 0.3 is 0 Å². The highest BCUT2D eigenvalue weighted by Gasteiger charge is 2.13. The van der Waals surface area contributed by atoms with E-state index in [2.05, 4.69) is 0 Å². The van der Waals surface area contributed by atoms with Gasteiger partial charge in [-0.1, -0.05) is 24.3 Å². The van der Waals surface area contributed by atoms with Crippen molar-refractivity contribution in [2.45, 2.75) is 18.7 Å². The summed E-state index contributed by atoms with van der Waals surface area (Å²) in [6.45, 7) is 3.73. The van der Waals surface area contributed by atoms with E-state index < -0.39 is 5.82 Å². The first-order valence-electron chi connectivity index (χ1n) is 9.52. The molecule has 0 aliphatic carbocycles. The monoisotopic (exact) mass is 421 g/mol. The van der Waals surface area contributed by atoms with Crippen LogP contribution < -0.4 is 4.90 Å². The molecule has 0 aliphatic rings. The number of aryl methyl sites for hydroxylation is 2. The Morgan fingerprint density at radius 2 is 1.57 bits per heavy atom. The molecule has 1 N–H and O–H groups in total. The van der Waals surface area contributed by atoms with Crippen LogP contribution in [0, 0.1) is 19.7 Å². The summed E-state index contributed by atoms with van der Waals surface area (Å²) in [5.74, 6) is -0.0994. The maximum absolute atomic E-state index is 13.9. The number of aromatic hydroxyl groups is 1. The third-order valence-corrected chi connectivity index (χ3v) is 5.69. The molecule has 0 amide bonds. The number of phenolic OH excluding ortho intramolecular Hbond substituents is 1. The minimum absolute atomic E-state index is 0.213. The summed E-state index contributed by atoms with van der Waals surface area (Å²) in [7, 11) is 3.82. The van der Waals surface area contributed by atoms with E-state index in [-0.39, 0.29) is 5.12 Å². The van der Waals surface area contributed by atoms with Crippen LogP contribution in [-0.2, 0) is 0 Å². The number of carbonyl (C=O) groups is 1. The third kappa shape index (κ3) is 5.10. The summed E-state index contributed by atoms with van der Waals surface area (Å²) in [6, 6.07) is 15.7. The molecule has 0 saturated heterocycles. The van der Waals surface area contributed by atoms with Gasteiger partial charge in [0, 0.05) is 25.3 Å². The molecule has 0 bridgehead atoms. The van der Waals surface area contributed by atoms with Crippen LogP contribution in [0.2, 0.25) is 0 Å². The molecule has 3 aromatic rings. The number of hydrogen-bond donors (Lipinski definition) is 1. The summed E-state index contributed by atoms with van der Waals surface area (Å²) in [6.07, 6.45) is 3.88. The Labute approximate surface area is 180 Å². The number of benzene rings is 3. The summed E-state index contributed by atoms with van der Waals surface area (Å²) < 4.78 is 13.9. The van der Waals surface area contributed by atoms with Gasteiger partial charge in [-0.25, -0.2) is 4.39 Å². The van der Waals surface area contributed by atoms with Crippen molar-refractivity contribution in [3.63, 3.8) is 0 Å². The molecular weight excluding hydrogens is 397 g/mol. The smallest absolute Gasteiger partial charge is 0.224 e. The van der Waals surface area contributed by atoms with Crippen molar-refractivity contribution in [2.24, 2.45) is 0 Å². The third-order valence-electron chi connectivity index (χ3n) is 4.71. The van der Waals surface area contributed by atoms with Gasteiger partial charge in [0.15, 0.2) is 0 Å². The first-order valence-corrected chi connectivity index (χ1v) is 10.3. The first-order chi connectivity index (χ1) is 14.2. The summed E-state index contributed by atoms with van der Waals surface area (Å²) >= 11 is 0.888. The Kier molecular flexibility index (Phi) is 6.63. The lowest BCUT2D eigenvalue weighted by Crippen LogP contribution is -2.10. The van der Waals surface area contributed by atoms with Crippen molar-refractivity contribution in [3.8, 4) is 5.75 Å². The van der Waals surface area contributed by atoms with Crippen molar-refractivity contribution in [2.75, 3.05) is 19.0 Å². The quantitative estimate of drug-likeness (QED) is 0.387. The number of thioether (sulfide) groups is 1. The molecule has 0 unspecified atom stereocenters. The summed E-state index contributed by atoms with van der Waals surface area (Å²) in [5, 5.41) is 9.74. The highest BCUT2D eigenvalue weighted by Crippen LogP contribution is 2.29. The predicted molar refractivity (Wildman–Crippen MR) is 124 cm³/mol. The Morgan fingerprint density at radius 1 is 0.967 bits per heavy atom. The van der Waals surface area contributed by atoms with E-state index >= 15 is 0 Å². The van der Waals surface area contributed by atoms with Crippen molar-refractivity contribution >= 4 is 34.7 Å². The van der Waals surface area contributed by atoms with Crippen molar-refractivity contribution in [1.82, 2.24) is 0 Å². The van der Waals surface area contributed by atoms with Crippen LogP contribution in [-0.4, -0.2) is 24.3 Å². The minimum Gasteiger partial charge on any atom is -0.507 e. The van der Waals surface area contributed by atoms with E-state index in [0.717, 1.165) is 39.7 Å². The van der Waals surface area contributed by atoms with Crippen LogP contribution >= 0.6 is 11.8 Å². The standard InChI is InChI=1S/C25H24FNO2S/c1-16-11-18(12-17(2)24(16)28)9-10-19-13-20(15-21(14-19)27(3)4)25(29)30-23-8-6-5-7-22(23)26/h5-15,28H,1-4H3. The lowest BCUT2D eigenvalue weighted by atomic mass is 10.0. The minimum atomic E-state index is -0.405. The molecule has 0 fully saturated rings. The lowest BCUT2D eigenvalue weighted by molar-refractivity contribution is 0.108. The Balaban J connectivity index is 1.93. The number of carbonyl (C=O) groups excluding carboxylic acids is 1. The number of anilines is 1. The van der Waals surface area contributed by atoms with Crippen LogP contribution in [0.25, 0.3) is 12.2 Å². The van der Waals surface area contributed by atoms with Crippen LogP contribution in [0.1, 0.15) is 32.6 Å². The molecule has 5 heteroatoms. The van der Waals surface area contributed by atoms with Gasteiger partial charge in [0.1, 0.15) is 11.6 Å². The Morgan fingerprint density at radius 3 is 2.17 bits per heavy atom. The van der Waals surface area contributed by atoms with Gasteiger partial charge in [0.25, 0.3) is 0 Å². The molecule has 0 saturated carbocycles. The second-order valence-electron chi connectivity index (χ2n) is 7.36. The zero-order chi connectivity index (χ0) is 21.8. The van der Waals surface area contributed by atoms with Crippen molar-refractivity contribution < 1.29 is 14.3 Å². The second-order valence-corrected chi connectivity index (χ2v) is 8.38. The van der Waals surface area contributed by atoms with Gasteiger partial charge in [-0.2, -0.15) is 0 Å². The van der Waals surface area contributed by atoms with E-state index in [1.807, 2.05) is 69.3 Å². The summed E-state index contributed by atoms with van der Waals surface area (Å²) in [4.78, 5) is 15.1. The van der Waals surface area contributed by atoms with Crippen molar-refractivity contribution in [1.29, 1.82) is 0 Å². The number of phenols is 1. The normalized spacial score (nSPS) is 11.1. The molecule has 0 heterocycles. The fraction of sp³-hybridized carbons (Fsp3) is 0.160. The van der Waals surface area contributed by atoms with Gasteiger partial charge in [0.2, 0.25) is 5.12 Å². The fourth-order valence-corrected chi connectivity index (χ4v) is 3.82. The molecule has 3 rings (SSSR count). The van der Waals surface area contributed by atoms with Crippen LogP contribution in [0.4, 0.5) is 10.1 Å². The van der Waals surface area contributed by atoms with E-state index in [0.29, 0.717) is 16.2 Å². The molecule has 0 atom stereocenters. The predicted octanol–water partition coefficient (Wildman–Crippen LogP) is 6.32. The molecule has 0 aromatic heterocycles. The number of rotatable bonds is 5. The second kappa shape index (κ2) is 9.18. The van der Waals surface area contributed by atoms with Crippen molar-refractivity contribution in [3.05, 3.63) is 88.2 Å². The zero-order valence-corrected chi connectivity index (χ0v) is 18.3.